The van der Waals surface area contributed by atoms with Crippen LogP contribution in [0.3, 0.4) is 0 Å². The number of benzene rings is 2. The third-order valence-electron chi connectivity index (χ3n) is 2.27. The average Bonchev–Trinajstić information content (AvgIpc) is 2.27. The number of nitrogens with two attached hydrogens (primary N) is 1. The summed E-state index contributed by atoms with van der Waals surface area (Å²) in [6.07, 6.45) is 0. The van der Waals surface area contributed by atoms with Crippen molar-refractivity contribution < 1.29 is 4.39 Å². The monoisotopic (exact) mass is 299 g/mol. The van der Waals surface area contributed by atoms with E-state index in [1.165, 1.54) is 0 Å². The lowest BCUT2D eigenvalue weighted by Crippen LogP contribution is -1.91. The minimum Gasteiger partial charge on any atom is -0.398 e. The van der Waals surface area contributed by atoms with Crippen molar-refractivity contribution in [3.8, 4) is 11.1 Å². The van der Waals surface area contributed by atoms with Gasteiger partial charge >= 0.3 is 0 Å². The Hall–Kier alpha value is -1.06. The molecule has 2 aromatic carbocycles. The zero-order valence-corrected chi connectivity index (χ0v) is 10.5. The third-order valence-corrected chi connectivity index (χ3v) is 3.30. The summed E-state index contributed by atoms with van der Waals surface area (Å²) in [6.45, 7) is 0. The molecule has 1 nitrogen and oxygen atoms in total. The maximum atomic E-state index is 13.9. The summed E-state index contributed by atoms with van der Waals surface area (Å²) in [5.41, 5.74) is 7.16. The lowest BCUT2D eigenvalue weighted by atomic mass is 10.0. The van der Waals surface area contributed by atoms with E-state index in [0.29, 0.717) is 26.3 Å². The van der Waals surface area contributed by atoms with Gasteiger partial charge in [-0.05, 0) is 28.1 Å². The first kappa shape index (κ1) is 11.4. The van der Waals surface area contributed by atoms with Crippen LogP contribution in [-0.4, -0.2) is 0 Å². The van der Waals surface area contributed by atoms with Crippen LogP contribution in [-0.2, 0) is 0 Å². The quantitative estimate of drug-likeness (QED) is 0.772. The zero-order chi connectivity index (χ0) is 11.7. The smallest absolute Gasteiger partial charge is 0.145 e. The minimum atomic E-state index is -0.338. The molecule has 4 heteroatoms. The maximum Gasteiger partial charge on any atom is 0.145 e. The first-order valence-corrected chi connectivity index (χ1v) is 5.76. The molecule has 0 fully saturated rings. The fraction of sp³-hybridized carbons (Fsp3) is 0. The predicted molar refractivity (Wildman–Crippen MR) is 69.0 cm³/mol. The van der Waals surface area contributed by atoms with Crippen LogP contribution < -0.4 is 5.73 Å². The first-order valence-electron chi connectivity index (χ1n) is 4.59. The molecule has 2 rings (SSSR count). The number of halogens is 3. The van der Waals surface area contributed by atoms with Gasteiger partial charge in [-0.2, -0.15) is 0 Å². The van der Waals surface area contributed by atoms with Crippen LogP contribution in [0.5, 0.6) is 0 Å². The third kappa shape index (κ3) is 1.93. The first-order chi connectivity index (χ1) is 7.61. The maximum absolute atomic E-state index is 13.9. The highest BCUT2D eigenvalue weighted by Crippen LogP contribution is 2.35. The Morgan fingerprint density at radius 3 is 2.44 bits per heavy atom. The standard InChI is InChI=1S/C12H8BrClFN/c13-9-5-1-4-8(12(9)15)7-3-2-6-10(16)11(7)14/h1-6H,16H2. The highest BCUT2D eigenvalue weighted by Gasteiger charge is 2.12. The lowest BCUT2D eigenvalue weighted by Gasteiger charge is -2.08. The van der Waals surface area contributed by atoms with Crippen molar-refractivity contribution in [3.05, 3.63) is 51.7 Å². The van der Waals surface area contributed by atoms with E-state index in [9.17, 15) is 4.39 Å². The Morgan fingerprint density at radius 1 is 1.06 bits per heavy atom. The molecule has 2 aromatic rings. The minimum absolute atomic E-state index is 0.338. The SMILES string of the molecule is Nc1cccc(-c2cccc(Br)c2F)c1Cl. The molecule has 0 heterocycles. The summed E-state index contributed by atoms with van der Waals surface area (Å²) in [7, 11) is 0. The number of hydrogen-bond donors (Lipinski definition) is 1. The molecule has 0 aliphatic rings. The summed E-state index contributed by atoms with van der Waals surface area (Å²) < 4.78 is 14.3. The Morgan fingerprint density at radius 2 is 1.69 bits per heavy atom. The summed E-state index contributed by atoms with van der Waals surface area (Å²) in [6, 6.07) is 10.2. The normalized spacial score (nSPS) is 10.4. The van der Waals surface area contributed by atoms with Crippen LogP contribution in [0.25, 0.3) is 11.1 Å². The van der Waals surface area contributed by atoms with E-state index in [2.05, 4.69) is 15.9 Å². The summed E-state index contributed by atoms with van der Waals surface area (Å²) in [5.74, 6) is -0.338. The molecule has 0 amide bonds. The van der Waals surface area contributed by atoms with Crippen LogP contribution in [0.4, 0.5) is 10.1 Å². The van der Waals surface area contributed by atoms with Gasteiger partial charge in [0.2, 0.25) is 0 Å². The summed E-state index contributed by atoms with van der Waals surface area (Å²) in [4.78, 5) is 0. The van der Waals surface area contributed by atoms with E-state index in [4.69, 9.17) is 17.3 Å². The Bertz CT molecular complexity index is 493. The molecule has 0 aromatic heterocycles. The molecule has 0 aliphatic carbocycles. The molecular formula is C12H8BrClFN. The largest absolute Gasteiger partial charge is 0.398 e. The molecular weight excluding hydrogens is 292 g/mol. The summed E-state index contributed by atoms with van der Waals surface area (Å²) in [5, 5.41) is 0.375. The Kier molecular flexibility index (Phi) is 3.17. The number of rotatable bonds is 1. The van der Waals surface area contributed by atoms with Crippen LogP contribution in [0.1, 0.15) is 0 Å². The molecule has 82 valence electrons. The Balaban J connectivity index is 2.68. The molecule has 0 saturated heterocycles. The van der Waals surface area contributed by atoms with Crippen LogP contribution in [0.2, 0.25) is 5.02 Å². The van der Waals surface area contributed by atoms with Gasteiger partial charge in [-0.25, -0.2) is 4.39 Å². The fourth-order valence-corrected chi connectivity index (χ4v) is 2.06. The van der Waals surface area contributed by atoms with Gasteiger partial charge in [-0.15, -0.1) is 0 Å². The molecule has 0 bridgehead atoms. The highest BCUT2D eigenvalue weighted by molar-refractivity contribution is 9.10. The van der Waals surface area contributed by atoms with Crippen molar-refractivity contribution in [2.75, 3.05) is 5.73 Å². The highest BCUT2D eigenvalue weighted by atomic mass is 79.9. The fourth-order valence-electron chi connectivity index (χ4n) is 1.47. The van der Waals surface area contributed by atoms with Gasteiger partial charge < -0.3 is 5.73 Å². The number of anilines is 1. The van der Waals surface area contributed by atoms with E-state index >= 15 is 0 Å². The Labute approximate surface area is 106 Å². The van der Waals surface area contributed by atoms with Crippen molar-refractivity contribution in [2.24, 2.45) is 0 Å². The van der Waals surface area contributed by atoms with Crippen molar-refractivity contribution in [2.45, 2.75) is 0 Å². The van der Waals surface area contributed by atoms with Crippen LogP contribution in [0, 0.1) is 5.82 Å². The second-order valence-corrected chi connectivity index (χ2v) is 4.54. The molecule has 0 aliphatic heterocycles. The zero-order valence-electron chi connectivity index (χ0n) is 8.18. The van der Waals surface area contributed by atoms with Crippen molar-refractivity contribution >= 4 is 33.2 Å². The van der Waals surface area contributed by atoms with Gasteiger partial charge in [0.15, 0.2) is 0 Å². The topological polar surface area (TPSA) is 26.0 Å². The van der Waals surface area contributed by atoms with Gasteiger partial charge in [0, 0.05) is 11.1 Å². The summed E-state index contributed by atoms with van der Waals surface area (Å²) >= 11 is 9.18. The van der Waals surface area contributed by atoms with Gasteiger partial charge in [0.1, 0.15) is 5.82 Å². The second-order valence-electron chi connectivity index (χ2n) is 3.31. The van der Waals surface area contributed by atoms with Crippen molar-refractivity contribution in [1.82, 2.24) is 0 Å². The molecule has 0 spiro atoms. The van der Waals surface area contributed by atoms with E-state index in [-0.39, 0.29) is 5.82 Å². The molecule has 0 atom stereocenters. The van der Waals surface area contributed by atoms with Crippen molar-refractivity contribution in [1.29, 1.82) is 0 Å². The molecule has 2 N–H and O–H groups in total. The average molecular weight is 301 g/mol. The number of hydrogen-bond acceptors (Lipinski definition) is 1. The molecule has 0 saturated carbocycles. The molecule has 16 heavy (non-hydrogen) atoms. The van der Waals surface area contributed by atoms with Crippen LogP contribution in [0.15, 0.2) is 40.9 Å². The second kappa shape index (κ2) is 4.44. The van der Waals surface area contributed by atoms with Crippen LogP contribution >= 0.6 is 27.5 Å². The molecule has 0 unspecified atom stereocenters. The van der Waals surface area contributed by atoms with Gasteiger partial charge in [0.25, 0.3) is 0 Å². The van der Waals surface area contributed by atoms with E-state index < -0.39 is 0 Å². The number of nitrogen functional groups attached to an aromatic ring is 1. The molecule has 0 radical (unpaired) electrons. The van der Waals surface area contributed by atoms with Gasteiger partial charge in [0.05, 0.1) is 15.2 Å². The van der Waals surface area contributed by atoms with Crippen molar-refractivity contribution in [3.63, 3.8) is 0 Å². The van der Waals surface area contributed by atoms with E-state index in [1.807, 2.05) is 0 Å². The van der Waals surface area contributed by atoms with Gasteiger partial charge in [-0.1, -0.05) is 35.9 Å². The lowest BCUT2D eigenvalue weighted by molar-refractivity contribution is 0.625. The van der Waals surface area contributed by atoms with E-state index in [0.717, 1.165) is 0 Å². The van der Waals surface area contributed by atoms with E-state index in [1.54, 1.807) is 36.4 Å². The predicted octanol–water partition coefficient (Wildman–Crippen LogP) is 4.49. The van der Waals surface area contributed by atoms with Gasteiger partial charge in [-0.3, -0.25) is 0 Å².